The summed E-state index contributed by atoms with van der Waals surface area (Å²) in [6, 6.07) is 15.3. The van der Waals surface area contributed by atoms with E-state index >= 15 is 0 Å². The average molecular weight is 334 g/mol. The van der Waals surface area contributed by atoms with Crippen LogP contribution >= 0.6 is 0 Å². The Kier molecular flexibility index (Phi) is 4.24. The van der Waals surface area contributed by atoms with Gasteiger partial charge < -0.3 is 14.9 Å². The zero-order chi connectivity index (χ0) is 17.2. The Labute approximate surface area is 147 Å². The quantitative estimate of drug-likeness (QED) is 0.797. The highest BCUT2D eigenvalue weighted by Gasteiger charge is 2.20. The van der Waals surface area contributed by atoms with Crippen molar-refractivity contribution in [1.82, 2.24) is 14.9 Å². The van der Waals surface area contributed by atoms with Crippen LogP contribution in [-0.4, -0.2) is 52.7 Å². The van der Waals surface area contributed by atoms with Gasteiger partial charge in [-0.05, 0) is 30.8 Å². The molecule has 5 nitrogen and oxygen atoms in total. The smallest absolute Gasteiger partial charge is 0.165 e. The SMILES string of the molecule is CCN1CCN(c2nc(-c3ccccc3O)nc3ccccc23)CC1. The van der Waals surface area contributed by atoms with Crippen molar-refractivity contribution >= 4 is 16.7 Å². The number of para-hydroxylation sites is 2. The first-order valence-corrected chi connectivity index (χ1v) is 8.78. The minimum Gasteiger partial charge on any atom is -0.507 e. The van der Waals surface area contributed by atoms with Crippen molar-refractivity contribution < 1.29 is 5.11 Å². The normalized spacial score (nSPS) is 15.6. The molecule has 1 N–H and O–H groups in total. The Balaban J connectivity index is 1.81. The predicted octanol–water partition coefficient (Wildman–Crippen LogP) is 3.14. The molecular formula is C20H22N4O. The summed E-state index contributed by atoms with van der Waals surface area (Å²) in [4.78, 5) is 14.3. The number of anilines is 1. The Hall–Kier alpha value is -2.66. The molecule has 2 heterocycles. The van der Waals surface area contributed by atoms with Crippen molar-refractivity contribution in [2.45, 2.75) is 6.92 Å². The van der Waals surface area contributed by atoms with E-state index in [1.807, 2.05) is 36.4 Å². The number of fused-ring (bicyclic) bond motifs is 1. The van der Waals surface area contributed by atoms with Gasteiger partial charge in [0.05, 0.1) is 11.1 Å². The molecule has 0 atom stereocenters. The molecular weight excluding hydrogens is 312 g/mol. The molecule has 1 aromatic heterocycles. The number of rotatable bonds is 3. The van der Waals surface area contributed by atoms with E-state index in [1.54, 1.807) is 6.07 Å². The van der Waals surface area contributed by atoms with Gasteiger partial charge in [0.1, 0.15) is 11.6 Å². The molecule has 0 spiro atoms. The molecule has 0 saturated carbocycles. The maximum atomic E-state index is 10.2. The van der Waals surface area contributed by atoms with Gasteiger partial charge in [-0.3, -0.25) is 0 Å². The molecule has 25 heavy (non-hydrogen) atoms. The van der Waals surface area contributed by atoms with Crippen molar-refractivity contribution in [3.05, 3.63) is 48.5 Å². The van der Waals surface area contributed by atoms with Gasteiger partial charge in [-0.15, -0.1) is 0 Å². The highest BCUT2D eigenvalue weighted by Crippen LogP contribution is 2.31. The highest BCUT2D eigenvalue weighted by atomic mass is 16.3. The van der Waals surface area contributed by atoms with E-state index in [-0.39, 0.29) is 5.75 Å². The lowest BCUT2D eigenvalue weighted by atomic mass is 10.1. The summed E-state index contributed by atoms with van der Waals surface area (Å²) in [5, 5.41) is 11.3. The molecule has 128 valence electrons. The van der Waals surface area contributed by atoms with Gasteiger partial charge in [-0.2, -0.15) is 0 Å². The second-order valence-electron chi connectivity index (χ2n) is 6.33. The second kappa shape index (κ2) is 6.69. The number of aromatic hydroxyl groups is 1. The molecule has 0 amide bonds. The highest BCUT2D eigenvalue weighted by molar-refractivity contribution is 5.91. The number of phenols is 1. The lowest BCUT2D eigenvalue weighted by Crippen LogP contribution is -2.46. The molecule has 1 fully saturated rings. The summed E-state index contributed by atoms with van der Waals surface area (Å²) in [7, 11) is 0. The zero-order valence-corrected chi connectivity index (χ0v) is 14.4. The molecule has 5 heteroatoms. The fraction of sp³-hybridized carbons (Fsp3) is 0.300. The first-order chi connectivity index (χ1) is 12.3. The van der Waals surface area contributed by atoms with Gasteiger partial charge in [0.25, 0.3) is 0 Å². The fourth-order valence-corrected chi connectivity index (χ4v) is 3.36. The van der Waals surface area contributed by atoms with E-state index in [1.165, 1.54) is 0 Å². The second-order valence-corrected chi connectivity index (χ2v) is 6.33. The first kappa shape index (κ1) is 15.8. The van der Waals surface area contributed by atoms with Crippen LogP contribution in [0, 0.1) is 0 Å². The zero-order valence-electron chi connectivity index (χ0n) is 14.4. The molecule has 0 unspecified atom stereocenters. The minimum atomic E-state index is 0.208. The molecule has 0 radical (unpaired) electrons. The summed E-state index contributed by atoms with van der Waals surface area (Å²) in [5.74, 6) is 1.74. The van der Waals surface area contributed by atoms with Gasteiger partial charge in [0, 0.05) is 31.6 Å². The average Bonchev–Trinajstić information content (AvgIpc) is 2.67. The standard InChI is InChI=1S/C20H22N4O/c1-2-23-11-13-24(14-12-23)20-15-7-3-5-9-17(15)21-19(22-20)16-8-4-6-10-18(16)25/h3-10,25H,2,11-14H2,1H3. The number of aromatic nitrogens is 2. The number of nitrogens with zero attached hydrogens (tertiary/aromatic N) is 4. The van der Waals surface area contributed by atoms with Crippen LogP contribution in [0.25, 0.3) is 22.3 Å². The maximum absolute atomic E-state index is 10.2. The van der Waals surface area contributed by atoms with E-state index in [4.69, 9.17) is 4.98 Å². The number of hydrogen-bond acceptors (Lipinski definition) is 5. The van der Waals surface area contributed by atoms with Crippen LogP contribution in [-0.2, 0) is 0 Å². The van der Waals surface area contributed by atoms with E-state index < -0.39 is 0 Å². The lowest BCUT2D eigenvalue weighted by molar-refractivity contribution is 0.271. The van der Waals surface area contributed by atoms with Crippen molar-refractivity contribution in [3.63, 3.8) is 0 Å². The maximum Gasteiger partial charge on any atom is 0.165 e. The van der Waals surface area contributed by atoms with Crippen LogP contribution in [0.3, 0.4) is 0 Å². The van der Waals surface area contributed by atoms with Gasteiger partial charge in [-0.25, -0.2) is 9.97 Å². The Bertz CT molecular complexity index is 888. The topological polar surface area (TPSA) is 52.5 Å². The van der Waals surface area contributed by atoms with Crippen molar-refractivity contribution in [3.8, 4) is 17.1 Å². The fourth-order valence-electron chi connectivity index (χ4n) is 3.36. The van der Waals surface area contributed by atoms with Crippen LogP contribution < -0.4 is 4.90 Å². The first-order valence-electron chi connectivity index (χ1n) is 8.78. The molecule has 0 bridgehead atoms. The molecule has 0 aliphatic carbocycles. The van der Waals surface area contributed by atoms with E-state index in [9.17, 15) is 5.11 Å². The minimum absolute atomic E-state index is 0.208. The number of phenolic OH excluding ortho intramolecular Hbond substituents is 1. The van der Waals surface area contributed by atoms with Crippen LogP contribution in [0.5, 0.6) is 5.75 Å². The number of likely N-dealkylation sites (N-methyl/N-ethyl adjacent to an activating group) is 1. The monoisotopic (exact) mass is 334 g/mol. The van der Waals surface area contributed by atoms with Crippen LogP contribution in [0.1, 0.15) is 6.92 Å². The van der Waals surface area contributed by atoms with Crippen LogP contribution in [0.15, 0.2) is 48.5 Å². The van der Waals surface area contributed by atoms with E-state index in [0.29, 0.717) is 11.4 Å². The van der Waals surface area contributed by atoms with E-state index in [2.05, 4.69) is 27.8 Å². The van der Waals surface area contributed by atoms with Crippen LogP contribution in [0.2, 0.25) is 0 Å². The van der Waals surface area contributed by atoms with Gasteiger partial charge in [0.2, 0.25) is 0 Å². The Morgan fingerprint density at radius 2 is 1.64 bits per heavy atom. The third-order valence-electron chi connectivity index (χ3n) is 4.85. The lowest BCUT2D eigenvalue weighted by Gasteiger charge is -2.35. The summed E-state index contributed by atoms with van der Waals surface area (Å²) in [6.45, 7) is 7.28. The number of hydrogen-bond donors (Lipinski definition) is 1. The predicted molar refractivity (Wildman–Crippen MR) is 101 cm³/mol. The van der Waals surface area contributed by atoms with Gasteiger partial charge in [-0.1, -0.05) is 31.2 Å². The third-order valence-corrected chi connectivity index (χ3v) is 4.85. The van der Waals surface area contributed by atoms with Crippen molar-refractivity contribution in [1.29, 1.82) is 0 Å². The molecule has 4 rings (SSSR count). The third kappa shape index (κ3) is 3.03. The number of piperazine rings is 1. The van der Waals surface area contributed by atoms with Crippen molar-refractivity contribution in [2.24, 2.45) is 0 Å². The van der Waals surface area contributed by atoms with Crippen molar-refractivity contribution in [2.75, 3.05) is 37.6 Å². The van der Waals surface area contributed by atoms with Gasteiger partial charge >= 0.3 is 0 Å². The van der Waals surface area contributed by atoms with Gasteiger partial charge in [0.15, 0.2) is 5.82 Å². The summed E-state index contributed by atoms with van der Waals surface area (Å²) < 4.78 is 0. The molecule has 2 aromatic carbocycles. The molecule has 1 aliphatic heterocycles. The largest absolute Gasteiger partial charge is 0.507 e. The summed E-state index contributed by atoms with van der Waals surface area (Å²) >= 11 is 0. The van der Waals surface area contributed by atoms with Crippen LogP contribution in [0.4, 0.5) is 5.82 Å². The molecule has 1 aliphatic rings. The summed E-state index contributed by atoms with van der Waals surface area (Å²) in [5.41, 5.74) is 1.57. The Morgan fingerprint density at radius 3 is 2.40 bits per heavy atom. The summed E-state index contributed by atoms with van der Waals surface area (Å²) in [6.07, 6.45) is 0. The Morgan fingerprint density at radius 1 is 0.920 bits per heavy atom. The van der Waals surface area contributed by atoms with E-state index in [0.717, 1.165) is 49.4 Å². The molecule has 3 aromatic rings. The molecule has 1 saturated heterocycles. The number of benzene rings is 2.